The van der Waals surface area contributed by atoms with Gasteiger partial charge in [-0.1, -0.05) is 41.6 Å². The van der Waals surface area contributed by atoms with E-state index >= 15 is 0 Å². The van der Waals surface area contributed by atoms with Crippen molar-refractivity contribution in [2.24, 2.45) is 0 Å². The number of hydrogen-bond donors (Lipinski definition) is 1. The highest BCUT2D eigenvalue weighted by atomic mass is 35.5. The van der Waals surface area contributed by atoms with E-state index in [2.05, 4.69) is 24.9 Å². The second-order valence-electron chi connectivity index (χ2n) is 5.43. The minimum atomic E-state index is 0.139. The maximum atomic E-state index is 6.02. The van der Waals surface area contributed by atoms with Gasteiger partial charge >= 0.3 is 0 Å². The Morgan fingerprint density at radius 1 is 1.04 bits per heavy atom. The van der Waals surface area contributed by atoms with Gasteiger partial charge in [-0.25, -0.2) is 9.97 Å². The third-order valence-corrected chi connectivity index (χ3v) is 4.58. The smallest absolute Gasteiger partial charge is 0.224 e. The predicted molar refractivity (Wildman–Crippen MR) is 104 cm³/mol. The van der Waals surface area contributed by atoms with E-state index in [1.807, 2.05) is 42.5 Å². The lowest BCUT2D eigenvalue weighted by Crippen LogP contribution is -2.02. The molecule has 0 aliphatic heterocycles. The molecule has 0 aliphatic rings. The number of hydrogen-bond acceptors (Lipinski definition) is 8. The van der Waals surface area contributed by atoms with Crippen LogP contribution in [-0.2, 0) is 5.75 Å². The molecule has 4 aromatic rings. The Balaban J connectivity index is 1.50. The summed E-state index contributed by atoms with van der Waals surface area (Å²) in [4.78, 5) is 21.2. The van der Waals surface area contributed by atoms with E-state index in [0.29, 0.717) is 39.1 Å². The molecule has 1 aromatic carbocycles. The van der Waals surface area contributed by atoms with E-state index in [0.717, 1.165) is 5.56 Å². The van der Waals surface area contributed by atoms with E-state index in [1.54, 1.807) is 12.4 Å². The molecular formula is C18H13ClN6OS. The molecule has 2 N–H and O–H groups in total. The molecule has 0 aliphatic carbocycles. The Labute approximate surface area is 164 Å². The number of oxazole rings is 1. The van der Waals surface area contributed by atoms with Crippen molar-refractivity contribution in [1.29, 1.82) is 0 Å². The van der Waals surface area contributed by atoms with Crippen LogP contribution in [0, 0.1) is 0 Å². The van der Waals surface area contributed by atoms with Crippen LogP contribution in [-0.4, -0.2) is 24.9 Å². The predicted octanol–water partition coefficient (Wildman–Crippen LogP) is 4.12. The molecule has 4 rings (SSSR count). The van der Waals surface area contributed by atoms with Crippen LogP contribution in [0.2, 0.25) is 5.02 Å². The number of nitrogens with two attached hydrogens (primary N) is 1. The summed E-state index contributed by atoms with van der Waals surface area (Å²) in [5, 5.41) is 1.12. The number of halogens is 1. The number of benzene rings is 1. The lowest BCUT2D eigenvalue weighted by Gasteiger charge is -2.03. The normalized spacial score (nSPS) is 10.9. The van der Waals surface area contributed by atoms with Gasteiger partial charge in [0.2, 0.25) is 11.8 Å². The van der Waals surface area contributed by atoms with Crippen LogP contribution in [0.3, 0.4) is 0 Å². The molecule has 3 heterocycles. The Kier molecular flexibility index (Phi) is 4.99. The fourth-order valence-corrected chi connectivity index (χ4v) is 3.21. The summed E-state index contributed by atoms with van der Waals surface area (Å²) in [6.45, 7) is 0. The average Bonchev–Trinajstić information content (AvgIpc) is 3.16. The van der Waals surface area contributed by atoms with Gasteiger partial charge in [-0.3, -0.25) is 4.98 Å². The monoisotopic (exact) mass is 396 g/mol. The second-order valence-corrected chi connectivity index (χ2v) is 6.81. The van der Waals surface area contributed by atoms with E-state index in [-0.39, 0.29) is 5.95 Å². The van der Waals surface area contributed by atoms with Crippen LogP contribution in [0.5, 0.6) is 0 Å². The van der Waals surface area contributed by atoms with Gasteiger partial charge < -0.3 is 10.2 Å². The Morgan fingerprint density at radius 3 is 2.78 bits per heavy atom. The number of pyridine rings is 1. The van der Waals surface area contributed by atoms with Crippen molar-refractivity contribution in [3.8, 4) is 22.8 Å². The van der Waals surface area contributed by atoms with Gasteiger partial charge in [-0.2, -0.15) is 9.97 Å². The van der Waals surface area contributed by atoms with Gasteiger partial charge in [0.25, 0.3) is 0 Å². The van der Waals surface area contributed by atoms with Gasteiger partial charge in [0.1, 0.15) is 5.69 Å². The quantitative estimate of drug-likeness (QED) is 0.502. The van der Waals surface area contributed by atoms with Crippen LogP contribution in [0.4, 0.5) is 5.95 Å². The molecular weight excluding hydrogens is 384 g/mol. The zero-order valence-electron chi connectivity index (χ0n) is 13.9. The molecule has 9 heteroatoms. The molecule has 0 atom stereocenters. The maximum absolute atomic E-state index is 6.02. The summed E-state index contributed by atoms with van der Waals surface area (Å²) in [7, 11) is 0. The zero-order valence-corrected chi connectivity index (χ0v) is 15.5. The van der Waals surface area contributed by atoms with Crippen LogP contribution < -0.4 is 5.73 Å². The molecule has 0 fully saturated rings. The number of rotatable bonds is 5. The fraction of sp³-hybridized carbons (Fsp3) is 0.0556. The highest BCUT2D eigenvalue weighted by Crippen LogP contribution is 2.26. The van der Waals surface area contributed by atoms with Crippen molar-refractivity contribution >= 4 is 29.3 Å². The maximum Gasteiger partial charge on any atom is 0.224 e. The minimum Gasteiger partial charge on any atom is -0.440 e. The van der Waals surface area contributed by atoms with Crippen molar-refractivity contribution in [2.45, 2.75) is 10.9 Å². The van der Waals surface area contributed by atoms with Gasteiger partial charge in [-0.15, -0.1) is 0 Å². The van der Waals surface area contributed by atoms with Gasteiger partial charge in [0.15, 0.2) is 16.7 Å². The number of aromatic nitrogens is 5. The van der Waals surface area contributed by atoms with E-state index in [9.17, 15) is 0 Å². The molecule has 7 nitrogen and oxygen atoms in total. The van der Waals surface area contributed by atoms with Crippen molar-refractivity contribution in [3.63, 3.8) is 0 Å². The van der Waals surface area contributed by atoms with Crippen LogP contribution in [0.25, 0.3) is 22.8 Å². The molecule has 3 aromatic heterocycles. The van der Waals surface area contributed by atoms with Crippen molar-refractivity contribution in [1.82, 2.24) is 24.9 Å². The molecule has 0 amide bonds. The first-order valence-corrected chi connectivity index (χ1v) is 9.30. The summed E-state index contributed by atoms with van der Waals surface area (Å²) in [5.41, 5.74) is 7.31. The lowest BCUT2D eigenvalue weighted by atomic mass is 10.2. The fourth-order valence-electron chi connectivity index (χ4n) is 2.32. The summed E-state index contributed by atoms with van der Waals surface area (Å²) in [5.74, 6) is 2.22. The summed E-state index contributed by atoms with van der Waals surface area (Å²) in [6.07, 6.45) is 3.34. The number of anilines is 1. The Bertz CT molecular complexity index is 1070. The molecule has 0 radical (unpaired) electrons. The molecule has 134 valence electrons. The van der Waals surface area contributed by atoms with Crippen molar-refractivity contribution in [2.75, 3.05) is 5.73 Å². The average molecular weight is 397 g/mol. The highest BCUT2D eigenvalue weighted by Gasteiger charge is 2.11. The molecule has 0 saturated carbocycles. The Morgan fingerprint density at radius 2 is 1.96 bits per heavy atom. The van der Waals surface area contributed by atoms with Crippen LogP contribution in [0.15, 0.2) is 64.4 Å². The topological polar surface area (TPSA) is 104 Å². The number of nitrogens with zero attached hydrogens (tertiary/aromatic N) is 5. The third kappa shape index (κ3) is 4.24. The van der Waals surface area contributed by atoms with Crippen molar-refractivity contribution in [3.05, 3.63) is 65.8 Å². The first kappa shape index (κ1) is 17.4. The first-order valence-electron chi connectivity index (χ1n) is 7.94. The van der Waals surface area contributed by atoms with Gasteiger partial charge in [0.05, 0.1) is 11.9 Å². The summed E-state index contributed by atoms with van der Waals surface area (Å²) < 4.78 is 5.79. The SMILES string of the molecule is Nc1nc(SCc2ncc(-c3cccc(Cl)c3)o2)nc(-c2ccccn2)n1. The Hall–Kier alpha value is -2.97. The highest BCUT2D eigenvalue weighted by molar-refractivity contribution is 7.98. The molecule has 0 bridgehead atoms. The molecule has 27 heavy (non-hydrogen) atoms. The summed E-state index contributed by atoms with van der Waals surface area (Å²) >= 11 is 7.37. The molecule has 0 saturated heterocycles. The van der Waals surface area contributed by atoms with Gasteiger partial charge in [-0.05, 0) is 24.3 Å². The first-order chi connectivity index (χ1) is 13.2. The summed E-state index contributed by atoms with van der Waals surface area (Å²) in [6, 6.07) is 12.9. The molecule has 0 spiro atoms. The second kappa shape index (κ2) is 7.73. The largest absolute Gasteiger partial charge is 0.440 e. The van der Waals surface area contributed by atoms with Crippen molar-refractivity contribution < 1.29 is 4.42 Å². The van der Waals surface area contributed by atoms with E-state index < -0.39 is 0 Å². The molecule has 0 unspecified atom stereocenters. The zero-order chi connectivity index (χ0) is 18.6. The third-order valence-electron chi connectivity index (χ3n) is 3.51. The van der Waals surface area contributed by atoms with E-state index in [1.165, 1.54) is 11.8 Å². The number of nitrogen functional groups attached to an aromatic ring is 1. The van der Waals surface area contributed by atoms with Crippen LogP contribution in [0.1, 0.15) is 5.89 Å². The lowest BCUT2D eigenvalue weighted by molar-refractivity contribution is 0.530. The van der Waals surface area contributed by atoms with E-state index in [4.69, 9.17) is 21.8 Å². The number of thioether (sulfide) groups is 1. The van der Waals surface area contributed by atoms with Gasteiger partial charge in [0, 0.05) is 16.8 Å². The van der Waals surface area contributed by atoms with Crippen LogP contribution >= 0.6 is 23.4 Å². The minimum absolute atomic E-state index is 0.139. The standard InChI is InChI=1S/C18H13ClN6OS/c19-12-5-3-4-11(8-12)14-9-22-15(26-14)10-27-18-24-16(23-17(20)25-18)13-6-1-2-7-21-13/h1-9H,10H2,(H2,20,23,24,25).